The van der Waals surface area contributed by atoms with E-state index in [0.717, 1.165) is 36.9 Å². The van der Waals surface area contributed by atoms with Crippen molar-refractivity contribution in [1.82, 2.24) is 25.2 Å². The Kier molecular flexibility index (Phi) is 3.35. The SMILES string of the molecule is CCN(Cc1cn(C)nn1)C1CC2CCC(C1)N2. The van der Waals surface area contributed by atoms with E-state index in [0.29, 0.717) is 0 Å². The first-order chi connectivity index (χ1) is 8.74. The van der Waals surface area contributed by atoms with Crippen molar-refractivity contribution in [3.05, 3.63) is 11.9 Å². The fraction of sp³-hybridized carbons (Fsp3) is 0.846. The van der Waals surface area contributed by atoms with Crippen molar-refractivity contribution in [2.24, 2.45) is 7.05 Å². The highest BCUT2D eigenvalue weighted by Crippen LogP contribution is 2.30. The molecule has 2 saturated heterocycles. The lowest BCUT2D eigenvalue weighted by Crippen LogP contribution is -2.47. The van der Waals surface area contributed by atoms with Gasteiger partial charge in [0.2, 0.25) is 0 Å². The van der Waals surface area contributed by atoms with Crippen LogP contribution >= 0.6 is 0 Å². The lowest BCUT2D eigenvalue weighted by Gasteiger charge is -2.36. The number of nitrogens with one attached hydrogen (secondary N) is 1. The molecule has 1 aromatic heterocycles. The minimum absolute atomic E-state index is 0.718. The van der Waals surface area contributed by atoms with E-state index in [2.05, 4.69) is 27.5 Å². The summed E-state index contributed by atoms with van der Waals surface area (Å²) in [7, 11) is 1.93. The number of rotatable bonds is 4. The molecule has 5 heteroatoms. The van der Waals surface area contributed by atoms with Gasteiger partial charge < -0.3 is 5.32 Å². The van der Waals surface area contributed by atoms with Crippen LogP contribution < -0.4 is 5.32 Å². The predicted molar refractivity (Wildman–Crippen MR) is 70.1 cm³/mol. The van der Waals surface area contributed by atoms with Crippen molar-refractivity contribution in [3.63, 3.8) is 0 Å². The molecule has 1 N–H and O–H groups in total. The molecule has 18 heavy (non-hydrogen) atoms. The summed E-state index contributed by atoms with van der Waals surface area (Å²) in [5, 5.41) is 11.9. The predicted octanol–water partition coefficient (Wildman–Crippen LogP) is 0.920. The maximum absolute atomic E-state index is 4.21. The first-order valence-corrected chi connectivity index (χ1v) is 7.10. The summed E-state index contributed by atoms with van der Waals surface area (Å²) in [4.78, 5) is 2.57. The number of hydrogen-bond donors (Lipinski definition) is 1. The Morgan fingerprint density at radius 3 is 2.67 bits per heavy atom. The van der Waals surface area contributed by atoms with Crippen molar-refractivity contribution >= 4 is 0 Å². The lowest BCUT2D eigenvalue weighted by atomic mass is 9.98. The molecule has 0 aromatic carbocycles. The number of aryl methyl sites for hydroxylation is 1. The van der Waals surface area contributed by atoms with E-state index < -0.39 is 0 Å². The van der Waals surface area contributed by atoms with Gasteiger partial charge in [0.25, 0.3) is 0 Å². The van der Waals surface area contributed by atoms with Crippen LogP contribution in [-0.2, 0) is 13.6 Å². The summed E-state index contributed by atoms with van der Waals surface area (Å²) in [6.45, 7) is 4.29. The van der Waals surface area contributed by atoms with Gasteiger partial charge in [0.1, 0.15) is 0 Å². The first-order valence-electron chi connectivity index (χ1n) is 7.10. The van der Waals surface area contributed by atoms with Crippen LogP contribution in [0.15, 0.2) is 6.20 Å². The number of aromatic nitrogens is 3. The monoisotopic (exact) mass is 249 g/mol. The van der Waals surface area contributed by atoms with Gasteiger partial charge in [-0.05, 0) is 32.2 Å². The maximum Gasteiger partial charge on any atom is 0.0967 e. The van der Waals surface area contributed by atoms with Gasteiger partial charge in [0.05, 0.1) is 5.69 Å². The Balaban J connectivity index is 1.65. The second kappa shape index (κ2) is 4.97. The molecule has 5 nitrogen and oxygen atoms in total. The molecule has 3 heterocycles. The molecule has 2 aliphatic heterocycles. The third-order valence-electron chi connectivity index (χ3n) is 4.39. The molecule has 3 rings (SSSR count). The first kappa shape index (κ1) is 12.1. The van der Waals surface area contributed by atoms with Crippen molar-refractivity contribution in [2.45, 2.75) is 57.3 Å². The van der Waals surface area contributed by atoms with Crippen LogP contribution in [0.3, 0.4) is 0 Å². The van der Waals surface area contributed by atoms with Gasteiger partial charge in [-0.2, -0.15) is 0 Å². The topological polar surface area (TPSA) is 46.0 Å². The molecule has 0 spiro atoms. The second-order valence-corrected chi connectivity index (χ2v) is 5.71. The summed E-state index contributed by atoms with van der Waals surface area (Å²) in [5.74, 6) is 0. The Morgan fingerprint density at radius 1 is 1.39 bits per heavy atom. The van der Waals surface area contributed by atoms with Gasteiger partial charge in [0, 0.05) is 37.9 Å². The van der Waals surface area contributed by atoms with E-state index in [9.17, 15) is 0 Å². The molecule has 0 amide bonds. The molecule has 100 valence electrons. The van der Waals surface area contributed by atoms with Crippen LogP contribution in [0, 0.1) is 0 Å². The standard InChI is InChI=1S/C13H23N5/c1-3-18(9-12-8-17(2)16-15-12)13-6-10-4-5-11(7-13)14-10/h8,10-11,13-14H,3-7,9H2,1-2H3. The minimum Gasteiger partial charge on any atom is -0.311 e. The molecule has 2 bridgehead atoms. The molecular weight excluding hydrogens is 226 g/mol. The second-order valence-electron chi connectivity index (χ2n) is 5.71. The van der Waals surface area contributed by atoms with Gasteiger partial charge in [-0.15, -0.1) is 5.10 Å². The number of piperidine rings is 1. The molecular formula is C13H23N5. The number of fused-ring (bicyclic) bond motifs is 2. The normalized spacial score (nSPS) is 31.2. The Morgan fingerprint density at radius 2 is 2.11 bits per heavy atom. The van der Waals surface area contributed by atoms with Crippen molar-refractivity contribution < 1.29 is 0 Å². The highest BCUT2D eigenvalue weighted by atomic mass is 15.4. The zero-order valence-corrected chi connectivity index (χ0v) is 11.3. The number of hydrogen-bond acceptors (Lipinski definition) is 4. The Bertz CT molecular complexity index is 390. The molecule has 0 aliphatic carbocycles. The molecule has 2 fully saturated rings. The van der Waals surface area contributed by atoms with Gasteiger partial charge in [0.15, 0.2) is 0 Å². The molecule has 2 atom stereocenters. The van der Waals surface area contributed by atoms with Crippen LogP contribution in [0.5, 0.6) is 0 Å². The molecule has 2 unspecified atom stereocenters. The van der Waals surface area contributed by atoms with E-state index in [1.54, 1.807) is 4.68 Å². The average Bonchev–Trinajstić information content (AvgIpc) is 2.92. The smallest absolute Gasteiger partial charge is 0.0967 e. The van der Waals surface area contributed by atoms with Crippen LogP contribution in [0.1, 0.15) is 38.3 Å². The van der Waals surface area contributed by atoms with Crippen molar-refractivity contribution in [1.29, 1.82) is 0 Å². The third kappa shape index (κ3) is 2.42. The van der Waals surface area contributed by atoms with E-state index >= 15 is 0 Å². The van der Waals surface area contributed by atoms with Gasteiger partial charge >= 0.3 is 0 Å². The minimum atomic E-state index is 0.718. The Hall–Kier alpha value is -0.940. The molecule has 2 aliphatic rings. The van der Waals surface area contributed by atoms with E-state index in [1.807, 2.05) is 13.2 Å². The summed E-state index contributed by atoms with van der Waals surface area (Å²) >= 11 is 0. The maximum atomic E-state index is 4.21. The summed E-state index contributed by atoms with van der Waals surface area (Å²) in [5.41, 5.74) is 1.09. The average molecular weight is 249 g/mol. The highest BCUT2D eigenvalue weighted by Gasteiger charge is 2.35. The van der Waals surface area contributed by atoms with E-state index in [4.69, 9.17) is 0 Å². The quantitative estimate of drug-likeness (QED) is 0.862. The fourth-order valence-corrected chi connectivity index (χ4v) is 3.50. The molecule has 0 radical (unpaired) electrons. The summed E-state index contributed by atoms with van der Waals surface area (Å²) in [6, 6.07) is 2.23. The molecule has 0 saturated carbocycles. The zero-order valence-electron chi connectivity index (χ0n) is 11.3. The summed E-state index contributed by atoms with van der Waals surface area (Å²) < 4.78 is 1.79. The highest BCUT2D eigenvalue weighted by molar-refractivity contribution is 4.98. The Labute approximate surface area is 109 Å². The summed E-state index contributed by atoms with van der Waals surface area (Å²) in [6.07, 6.45) is 7.35. The lowest BCUT2D eigenvalue weighted by molar-refractivity contribution is 0.139. The van der Waals surface area contributed by atoms with Gasteiger partial charge in [-0.1, -0.05) is 12.1 Å². The molecule has 1 aromatic rings. The van der Waals surface area contributed by atoms with Crippen LogP contribution in [0.25, 0.3) is 0 Å². The van der Waals surface area contributed by atoms with Crippen molar-refractivity contribution in [2.75, 3.05) is 6.54 Å². The zero-order chi connectivity index (χ0) is 12.5. The van der Waals surface area contributed by atoms with Gasteiger partial charge in [-0.3, -0.25) is 9.58 Å². The van der Waals surface area contributed by atoms with Gasteiger partial charge in [-0.25, -0.2) is 0 Å². The van der Waals surface area contributed by atoms with Crippen LogP contribution in [-0.4, -0.2) is 44.6 Å². The third-order valence-corrected chi connectivity index (χ3v) is 4.39. The fourth-order valence-electron chi connectivity index (χ4n) is 3.50. The van der Waals surface area contributed by atoms with E-state index in [1.165, 1.54) is 25.7 Å². The van der Waals surface area contributed by atoms with Crippen LogP contribution in [0.2, 0.25) is 0 Å². The number of nitrogens with zero attached hydrogens (tertiary/aromatic N) is 4. The van der Waals surface area contributed by atoms with Crippen molar-refractivity contribution in [3.8, 4) is 0 Å². The largest absolute Gasteiger partial charge is 0.311 e. The van der Waals surface area contributed by atoms with E-state index in [-0.39, 0.29) is 0 Å². The van der Waals surface area contributed by atoms with Crippen LogP contribution in [0.4, 0.5) is 0 Å².